The third-order valence-electron chi connectivity index (χ3n) is 5.30. The molecule has 4 rings (SSSR count). The minimum atomic E-state index is -3.57. The highest BCUT2D eigenvalue weighted by Crippen LogP contribution is 2.31. The van der Waals surface area contributed by atoms with E-state index in [1.54, 1.807) is 18.2 Å². The molecule has 1 aliphatic carbocycles. The lowest BCUT2D eigenvalue weighted by atomic mass is 9.83. The van der Waals surface area contributed by atoms with Gasteiger partial charge in [0.05, 0.1) is 4.90 Å². The van der Waals surface area contributed by atoms with E-state index in [1.165, 1.54) is 11.1 Å². The maximum Gasteiger partial charge on any atom is 0.240 e. The van der Waals surface area contributed by atoms with Crippen molar-refractivity contribution in [3.63, 3.8) is 0 Å². The van der Waals surface area contributed by atoms with Gasteiger partial charge in [0.15, 0.2) is 0 Å². The molecule has 1 atom stereocenters. The number of benzene rings is 2. The molecule has 1 amide bonds. The zero-order chi connectivity index (χ0) is 18.1. The van der Waals surface area contributed by atoms with E-state index in [4.69, 9.17) is 0 Å². The normalized spacial score (nSPS) is 19.4. The molecule has 2 N–H and O–H groups in total. The summed E-state index contributed by atoms with van der Waals surface area (Å²) in [5, 5.41) is 2.78. The van der Waals surface area contributed by atoms with Gasteiger partial charge >= 0.3 is 0 Å². The average Bonchev–Trinajstić information content (AvgIpc) is 2.66. The van der Waals surface area contributed by atoms with Crippen LogP contribution in [0.5, 0.6) is 0 Å². The van der Waals surface area contributed by atoms with E-state index in [9.17, 15) is 13.2 Å². The second-order valence-corrected chi connectivity index (χ2v) is 8.77. The molecule has 1 heterocycles. The highest BCUT2D eigenvalue weighted by molar-refractivity contribution is 7.89. The van der Waals surface area contributed by atoms with Crippen molar-refractivity contribution in [2.24, 2.45) is 0 Å². The van der Waals surface area contributed by atoms with Crippen molar-refractivity contribution in [2.45, 2.75) is 42.9 Å². The molecule has 1 unspecified atom stereocenters. The molecule has 0 saturated carbocycles. The van der Waals surface area contributed by atoms with Gasteiger partial charge in [0, 0.05) is 18.7 Å². The smallest absolute Gasteiger partial charge is 0.240 e. The Hall–Kier alpha value is -2.18. The average molecular weight is 370 g/mol. The number of amides is 1. The first-order valence-corrected chi connectivity index (χ1v) is 10.5. The molecule has 2 aromatic rings. The first kappa shape index (κ1) is 17.2. The molecule has 1 aliphatic heterocycles. The first-order valence-electron chi connectivity index (χ1n) is 9.03. The number of carbonyl (C=O) groups is 1. The summed E-state index contributed by atoms with van der Waals surface area (Å²) in [5.41, 5.74) is 4.17. The van der Waals surface area contributed by atoms with E-state index in [-0.39, 0.29) is 16.7 Å². The van der Waals surface area contributed by atoms with E-state index in [0.717, 1.165) is 24.8 Å². The lowest BCUT2D eigenvalue weighted by molar-refractivity contribution is -0.116. The fraction of sp³-hybridized carbons (Fsp3) is 0.350. The molecule has 6 heteroatoms. The predicted molar refractivity (Wildman–Crippen MR) is 101 cm³/mol. The van der Waals surface area contributed by atoms with Crippen LogP contribution in [-0.4, -0.2) is 20.9 Å². The van der Waals surface area contributed by atoms with Crippen molar-refractivity contribution < 1.29 is 13.2 Å². The molecule has 5 nitrogen and oxygen atoms in total. The van der Waals surface area contributed by atoms with E-state index in [2.05, 4.69) is 22.2 Å². The second-order valence-electron chi connectivity index (χ2n) is 7.01. The minimum Gasteiger partial charge on any atom is -0.326 e. The molecular weight excluding hydrogens is 348 g/mol. The van der Waals surface area contributed by atoms with Crippen LogP contribution in [0.1, 0.15) is 41.9 Å². The zero-order valence-electron chi connectivity index (χ0n) is 14.5. The monoisotopic (exact) mass is 370 g/mol. The number of anilines is 1. The van der Waals surface area contributed by atoms with Crippen LogP contribution in [0.25, 0.3) is 0 Å². The third-order valence-corrected chi connectivity index (χ3v) is 6.72. The number of aryl methyl sites for hydroxylation is 2. The van der Waals surface area contributed by atoms with Crippen molar-refractivity contribution in [2.75, 3.05) is 11.9 Å². The van der Waals surface area contributed by atoms with Gasteiger partial charge < -0.3 is 5.32 Å². The number of hydrogen-bond donors (Lipinski definition) is 2. The van der Waals surface area contributed by atoms with Crippen LogP contribution in [0.2, 0.25) is 0 Å². The maximum atomic E-state index is 12.7. The summed E-state index contributed by atoms with van der Waals surface area (Å²) in [4.78, 5) is 11.7. The number of rotatable bonds is 4. The molecular formula is C20H22N2O3S. The third kappa shape index (κ3) is 3.39. The fourth-order valence-corrected chi connectivity index (χ4v) is 5.02. The first-order chi connectivity index (χ1) is 12.5. The predicted octanol–water partition coefficient (Wildman–Crippen LogP) is 2.97. The van der Waals surface area contributed by atoms with Gasteiger partial charge in [-0.15, -0.1) is 0 Å². The molecule has 0 aromatic heterocycles. The number of hydrogen-bond acceptors (Lipinski definition) is 3. The van der Waals surface area contributed by atoms with Gasteiger partial charge in [0.1, 0.15) is 0 Å². The van der Waals surface area contributed by atoms with E-state index >= 15 is 0 Å². The van der Waals surface area contributed by atoms with Crippen LogP contribution in [0, 0.1) is 0 Å². The Balaban J connectivity index is 1.51. The summed E-state index contributed by atoms with van der Waals surface area (Å²) < 4.78 is 28.3. The number of sulfonamides is 1. The van der Waals surface area contributed by atoms with E-state index in [0.29, 0.717) is 25.1 Å². The Bertz CT molecular complexity index is 953. The van der Waals surface area contributed by atoms with Gasteiger partial charge in [-0.1, -0.05) is 24.3 Å². The molecule has 2 aromatic carbocycles. The quantitative estimate of drug-likeness (QED) is 0.869. The van der Waals surface area contributed by atoms with Crippen LogP contribution in [0.3, 0.4) is 0 Å². The zero-order valence-corrected chi connectivity index (χ0v) is 15.3. The summed E-state index contributed by atoms with van der Waals surface area (Å²) in [5.74, 6) is 0.189. The highest BCUT2D eigenvalue weighted by Gasteiger charge is 2.24. The van der Waals surface area contributed by atoms with Gasteiger partial charge in [-0.2, -0.15) is 0 Å². The van der Waals surface area contributed by atoms with Gasteiger partial charge in [-0.05, 0) is 66.5 Å². The molecule has 2 aliphatic rings. The van der Waals surface area contributed by atoms with Gasteiger partial charge in [0.2, 0.25) is 15.9 Å². The van der Waals surface area contributed by atoms with Crippen molar-refractivity contribution in [3.05, 3.63) is 59.2 Å². The number of fused-ring (bicyclic) bond motifs is 2. The minimum absolute atomic E-state index is 0.0257. The van der Waals surface area contributed by atoms with Crippen molar-refractivity contribution in [1.29, 1.82) is 0 Å². The van der Waals surface area contributed by atoms with Gasteiger partial charge in [-0.3, -0.25) is 4.79 Å². The fourth-order valence-electron chi connectivity index (χ4n) is 3.89. The summed E-state index contributed by atoms with van der Waals surface area (Å²) in [6.45, 7) is 0.410. The molecule has 0 radical (unpaired) electrons. The van der Waals surface area contributed by atoms with E-state index < -0.39 is 10.0 Å². The Morgan fingerprint density at radius 1 is 1.04 bits per heavy atom. The maximum absolute atomic E-state index is 12.7. The van der Waals surface area contributed by atoms with Crippen molar-refractivity contribution in [3.8, 4) is 0 Å². The second kappa shape index (κ2) is 6.85. The Morgan fingerprint density at radius 3 is 2.77 bits per heavy atom. The Labute approximate surface area is 153 Å². The molecule has 0 fully saturated rings. The topological polar surface area (TPSA) is 75.3 Å². The van der Waals surface area contributed by atoms with Crippen LogP contribution in [-0.2, 0) is 27.7 Å². The van der Waals surface area contributed by atoms with Crippen molar-refractivity contribution in [1.82, 2.24) is 4.72 Å². The van der Waals surface area contributed by atoms with Gasteiger partial charge in [0.25, 0.3) is 0 Å². The van der Waals surface area contributed by atoms with Crippen LogP contribution < -0.4 is 10.0 Å². The summed E-state index contributed by atoms with van der Waals surface area (Å²) in [7, 11) is -3.57. The lowest BCUT2D eigenvalue weighted by Gasteiger charge is -2.25. The van der Waals surface area contributed by atoms with Crippen molar-refractivity contribution >= 4 is 21.6 Å². The molecule has 26 heavy (non-hydrogen) atoms. The summed E-state index contributed by atoms with van der Waals surface area (Å²) in [6.07, 6.45) is 4.11. The molecule has 0 bridgehead atoms. The lowest BCUT2D eigenvalue weighted by Crippen LogP contribution is -2.30. The summed E-state index contributed by atoms with van der Waals surface area (Å²) in [6, 6.07) is 13.2. The standard InChI is InChI=1S/C20H22N2O3S/c23-20-11-8-15-12-17(9-10-19(15)22-20)26(24,25)21-13-16-6-3-5-14-4-1-2-7-18(14)16/h1-2,4,7,9-10,12,16,21H,3,5-6,8,11,13H2,(H,22,23). The van der Waals surface area contributed by atoms with Crippen LogP contribution in [0.15, 0.2) is 47.4 Å². The Morgan fingerprint density at radius 2 is 1.88 bits per heavy atom. The van der Waals surface area contributed by atoms with Crippen LogP contribution in [0.4, 0.5) is 5.69 Å². The number of carbonyl (C=O) groups excluding carboxylic acids is 1. The SMILES string of the molecule is O=C1CCc2cc(S(=O)(=O)NCC3CCCc4ccccc43)ccc2N1. The molecule has 0 spiro atoms. The molecule has 0 saturated heterocycles. The molecule has 136 valence electrons. The summed E-state index contributed by atoms with van der Waals surface area (Å²) >= 11 is 0. The number of nitrogens with one attached hydrogen (secondary N) is 2. The van der Waals surface area contributed by atoms with Crippen LogP contribution >= 0.6 is 0 Å². The highest BCUT2D eigenvalue weighted by atomic mass is 32.2. The van der Waals surface area contributed by atoms with E-state index in [1.807, 2.05) is 12.1 Å². The Kier molecular flexibility index (Phi) is 4.54. The van der Waals surface area contributed by atoms with Gasteiger partial charge in [-0.25, -0.2) is 13.1 Å². The largest absolute Gasteiger partial charge is 0.326 e.